The Kier molecular flexibility index (Phi) is 9.49. The second kappa shape index (κ2) is 10.6. The van der Waals surface area contributed by atoms with Crippen molar-refractivity contribution in [3.8, 4) is 0 Å². The molecule has 3 nitrogen and oxygen atoms in total. The summed E-state index contributed by atoms with van der Waals surface area (Å²) < 4.78 is 6.09. The highest BCUT2D eigenvalue weighted by molar-refractivity contribution is 4.84. The minimum atomic E-state index is 0.376. The van der Waals surface area contributed by atoms with Crippen LogP contribution >= 0.6 is 0 Å². The van der Waals surface area contributed by atoms with E-state index in [9.17, 15) is 0 Å². The molecule has 0 aliphatic carbocycles. The summed E-state index contributed by atoms with van der Waals surface area (Å²) in [6.45, 7) is 14.6. The van der Waals surface area contributed by atoms with E-state index >= 15 is 0 Å². The van der Waals surface area contributed by atoms with Gasteiger partial charge in [0.05, 0.1) is 12.7 Å². The van der Waals surface area contributed by atoms with Crippen molar-refractivity contribution in [1.82, 2.24) is 10.2 Å². The Hall–Kier alpha value is -0.120. The molecule has 0 bridgehead atoms. The minimum absolute atomic E-state index is 0.376. The summed E-state index contributed by atoms with van der Waals surface area (Å²) in [5.41, 5.74) is 0. The Labute approximate surface area is 126 Å². The highest BCUT2D eigenvalue weighted by Crippen LogP contribution is 2.19. The molecule has 0 radical (unpaired) electrons. The maximum atomic E-state index is 6.09. The van der Waals surface area contributed by atoms with Crippen LogP contribution in [0.4, 0.5) is 0 Å². The molecule has 1 aliphatic rings. The van der Waals surface area contributed by atoms with Crippen LogP contribution in [0, 0.1) is 5.92 Å². The van der Waals surface area contributed by atoms with Gasteiger partial charge in [0.1, 0.15) is 0 Å². The smallest absolute Gasteiger partial charge is 0.0855 e. The molecule has 3 atom stereocenters. The van der Waals surface area contributed by atoms with Gasteiger partial charge in [-0.25, -0.2) is 0 Å². The van der Waals surface area contributed by atoms with Crippen LogP contribution in [0.5, 0.6) is 0 Å². The second-order valence-electron chi connectivity index (χ2n) is 6.40. The predicted octanol–water partition coefficient (Wildman–Crippen LogP) is 3.29. The molecule has 0 aromatic heterocycles. The lowest BCUT2D eigenvalue weighted by molar-refractivity contribution is -0.0497. The van der Waals surface area contributed by atoms with E-state index < -0.39 is 0 Å². The van der Waals surface area contributed by atoms with Crippen LogP contribution in [0.2, 0.25) is 0 Å². The molecule has 1 N–H and O–H groups in total. The first-order valence-electron chi connectivity index (χ1n) is 8.78. The Morgan fingerprint density at radius 3 is 2.65 bits per heavy atom. The fraction of sp³-hybridized carbons (Fsp3) is 1.00. The molecule has 3 heteroatoms. The van der Waals surface area contributed by atoms with Crippen LogP contribution in [-0.2, 0) is 4.74 Å². The van der Waals surface area contributed by atoms with Crippen molar-refractivity contribution in [1.29, 1.82) is 0 Å². The minimum Gasteiger partial charge on any atom is -0.374 e. The Morgan fingerprint density at radius 1 is 1.20 bits per heavy atom. The number of rotatable bonds is 10. The summed E-state index contributed by atoms with van der Waals surface area (Å²) in [6.07, 6.45) is 6.68. The average molecular weight is 284 g/mol. The molecule has 0 aromatic rings. The fourth-order valence-corrected chi connectivity index (χ4v) is 3.23. The van der Waals surface area contributed by atoms with Crippen molar-refractivity contribution in [2.75, 3.05) is 32.8 Å². The molecule has 0 spiro atoms. The van der Waals surface area contributed by atoms with Crippen LogP contribution in [-0.4, -0.2) is 49.8 Å². The molecule has 1 rings (SSSR count). The summed E-state index contributed by atoms with van der Waals surface area (Å²) in [4.78, 5) is 2.57. The van der Waals surface area contributed by atoms with Crippen molar-refractivity contribution < 1.29 is 4.74 Å². The fourth-order valence-electron chi connectivity index (χ4n) is 3.23. The van der Waals surface area contributed by atoms with Crippen LogP contribution in [0.1, 0.15) is 59.8 Å². The largest absolute Gasteiger partial charge is 0.374 e. The zero-order valence-electron chi connectivity index (χ0n) is 14.2. The first kappa shape index (κ1) is 17.9. The van der Waals surface area contributed by atoms with Crippen LogP contribution < -0.4 is 5.32 Å². The Balaban J connectivity index is 2.51. The quantitative estimate of drug-likeness (QED) is 0.666. The van der Waals surface area contributed by atoms with Gasteiger partial charge in [-0.05, 0) is 38.3 Å². The number of hydrogen-bond donors (Lipinski definition) is 1. The van der Waals surface area contributed by atoms with Crippen molar-refractivity contribution in [3.63, 3.8) is 0 Å². The van der Waals surface area contributed by atoms with Gasteiger partial charge in [-0.2, -0.15) is 0 Å². The van der Waals surface area contributed by atoms with Crippen LogP contribution in [0.25, 0.3) is 0 Å². The molecule has 0 aromatic carbocycles. The topological polar surface area (TPSA) is 24.5 Å². The number of ether oxygens (including phenoxy) is 1. The van der Waals surface area contributed by atoms with Gasteiger partial charge >= 0.3 is 0 Å². The van der Waals surface area contributed by atoms with Crippen LogP contribution in [0.3, 0.4) is 0 Å². The van der Waals surface area contributed by atoms with Gasteiger partial charge < -0.3 is 10.1 Å². The third-order valence-corrected chi connectivity index (χ3v) is 4.26. The van der Waals surface area contributed by atoms with Gasteiger partial charge in [0.2, 0.25) is 0 Å². The molecule has 1 aliphatic heterocycles. The summed E-state index contributed by atoms with van der Waals surface area (Å²) in [7, 11) is 0. The second-order valence-corrected chi connectivity index (χ2v) is 6.40. The van der Waals surface area contributed by atoms with Crippen molar-refractivity contribution in [2.24, 2.45) is 5.92 Å². The first-order chi connectivity index (χ1) is 9.71. The van der Waals surface area contributed by atoms with E-state index in [-0.39, 0.29) is 0 Å². The number of hydrogen-bond acceptors (Lipinski definition) is 3. The van der Waals surface area contributed by atoms with E-state index in [1.807, 2.05) is 0 Å². The molecule has 20 heavy (non-hydrogen) atoms. The maximum Gasteiger partial charge on any atom is 0.0855 e. The average Bonchev–Trinajstić information content (AvgIpc) is 2.44. The number of nitrogens with zero attached hydrogens (tertiary/aromatic N) is 1. The lowest BCUT2D eigenvalue weighted by atomic mass is 9.93. The lowest BCUT2D eigenvalue weighted by Gasteiger charge is -2.38. The van der Waals surface area contributed by atoms with Crippen molar-refractivity contribution in [3.05, 3.63) is 0 Å². The van der Waals surface area contributed by atoms with Crippen molar-refractivity contribution >= 4 is 0 Å². The molecular formula is C17H36N2O. The lowest BCUT2D eigenvalue weighted by Crippen LogP contribution is -2.53. The third-order valence-electron chi connectivity index (χ3n) is 4.26. The monoisotopic (exact) mass is 284 g/mol. The Morgan fingerprint density at radius 2 is 2.00 bits per heavy atom. The zero-order chi connectivity index (χ0) is 14.8. The molecule has 3 unspecified atom stereocenters. The third kappa shape index (κ3) is 6.55. The van der Waals surface area contributed by atoms with Gasteiger partial charge in [-0.1, -0.05) is 40.5 Å². The number of nitrogens with one attached hydrogen (secondary N) is 1. The van der Waals surface area contributed by atoms with E-state index in [1.54, 1.807) is 0 Å². The highest BCUT2D eigenvalue weighted by atomic mass is 16.5. The van der Waals surface area contributed by atoms with Crippen LogP contribution in [0.15, 0.2) is 0 Å². The highest BCUT2D eigenvalue weighted by Gasteiger charge is 2.28. The van der Waals surface area contributed by atoms with Crippen molar-refractivity contribution in [2.45, 2.75) is 71.9 Å². The molecule has 0 amide bonds. The van der Waals surface area contributed by atoms with Gasteiger partial charge in [-0.3, -0.25) is 4.90 Å². The van der Waals surface area contributed by atoms with E-state index in [0.717, 1.165) is 32.2 Å². The molecule has 1 heterocycles. The van der Waals surface area contributed by atoms with E-state index in [0.29, 0.717) is 12.1 Å². The standard InChI is InChI=1S/C17H36N2O/c1-5-8-15(4)13-16(18-9-6-2)17-14-19(10-7-3)11-12-20-17/h15-18H,5-14H2,1-4H3. The van der Waals surface area contributed by atoms with E-state index in [4.69, 9.17) is 4.74 Å². The summed E-state index contributed by atoms with van der Waals surface area (Å²) in [5.74, 6) is 0.791. The molecule has 1 saturated heterocycles. The normalized spacial score (nSPS) is 23.7. The summed E-state index contributed by atoms with van der Waals surface area (Å²) in [6, 6.07) is 0.524. The Bertz CT molecular complexity index is 233. The summed E-state index contributed by atoms with van der Waals surface area (Å²) in [5, 5.41) is 3.74. The van der Waals surface area contributed by atoms with Gasteiger partial charge in [0.15, 0.2) is 0 Å². The molecule has 0 saturated carbocycles. The van der Waals surface area contributed by atoms with Gasteiger partial charge in [-0.15, -0.1) is 0 Å². The molecular weight excluding hydrogens is 248 g/mol. The predicted molar refractivity (Wildman–Crippen MR) is 87.2 cm³/mol. The van der Waals surface area contributed by atoms with Gasteiger partial charge in [0, 0.05) is 19.1 Å². The van der Waals surface area contributed by atoms with E-state index in [1.165, 1.54) is 38.6 Å². The summed E-state index contributed by atoms with van der Waals surface area (Å²) >= 11 is 0. The maximum absolute atomic E-state index is 6.09. The molecule has 1 fully saturated rings. The number of morpholine rings is 1. The van der Waals surface area contributed by atoms with Gasteiger partial charge in [0.25, 0.3) is 0 Å². The first-order valence-corrected chi connectivity index (χ1v) is 8.78. The molecule has 120 valence electrons. The SMILES string of the molecule is CCCNC(CC(C)CCC)C1CN(CCC)CCO1. The van der Waals surface area contributed by atoms with E-state index in [2.05, 4.69) is 37.9 Å². The zero-order valence-corrected chi connectivity index (χ0v) is 14.2.